The van der Waals surface area contributed by atoms with Crippen molar-refractivity contribution in [2.45, 2.75) is 31.1 Å². The minimum atomic E-state index is -3.60. The molecule has 0 radical (unpaired) electrons. The van der Waals surface area contributed by atoms with Gasteiger partial charge in [0.05, 0.1) is 11.2 Å². The Morgan fingerprint density at radius 2 is 2.05 bits per heavy atom. The second-order valence-corrected chi connectivity index (χ2v) is 7.33. The molecule has 2 unspecified atom stereocenters. The third kappa shape index (κ3) is 2.99. The van der Waals surface area contributed by atoms with E-state index in [2.05, 4.69) is 4.98 Å². The SMILES string of the molecule is CN(Cc1ccncc1)S(=O)(=O)C1CCCC1C(=O)O. The van der Waals surface area contributed by atoms with Crippen molar-refractivity contribution in [3.8, 4) is 0 Å². The lowest BCUT2D eigenvalue weighted by molar-refractivity contribution is -0.141. The van der Waals surface area contributed by atoms with Crippen LogP contribution in [0.3, 0.4) is 0 Å². The van der Waals surface area contributed by atoms with Crippen molar-refractivity contribution in [1.82, 2.24) is 9.29 Å². The Bertz CT molecular complexity index is 573. The van der Waals surface area contributed by atoms with Crippen LogP contribution in [0.15, 0.2) is 24.5 Å². The van der Waals surface area contributed by atoms with Crippen LogP contribution in [-0.4, -0.2) is 41.1 Å². The molecule has 20 heavy (non-hydrogen) atoms. The average Bonchev–Trinajstić information content (AvgIpc) is 2.89. The zero-order chi connectivity index (χ0) is 14.8. The van der Waals surface area contributed by atoms with Crippen LogP contribution in [-0.2, 0) is 21.4 Å². The van der Waals surface area contributed by atoms with Gasteiger partial charge in [-0.05, 0) is 30.5 Å². The summed E-state index contributed by atoms with van der Waals surface area (Å²) in [4.78, 5) is 15.0. The fourth-order valence-electron chi connectivity index (χ4n) is 2.63. The monoisotopic (exact) mass is 298 g/mol. The number of carboxylic acid groups (broad SMARTS) is 1. The minimum Gasteiger partial charge on any atom is -0.481 e. The van der Waals surface area contributed by atoms with Crippen molar-refractivity contribution < 1.29 is 18.3 Å². The molecule has 0 aromatic carbocycles. The Balaban J connectivity index is 2.15. The van der Waals surface area contributed by atoms with Gasteiger partial charge in [-0.1, -0.05) is 6.42 Å². The molecule has 1 N–H and O–H groups in total. The molecule has 0 spiro atoms. The fourth-order valence-corrected chi connectivity index (χ4v) is 4.55. The van der Waals surface area contributed by atoms with Gasteiger partial charge in [-0.2, -0.15) is 0 Å². The number of nitrogens with zero attached hydrogens (tertiary/aromatic N) is 2. The lowest BCUT2D eigenvalue weighted by Gasteiger charge is -2.24. The molecule has 6 nitrogen and oxygen atoms in total. The van der Waals surface area contributed by atoms with Gasteiger partial charge in [0, 0.05) is 26.0 Å². The maximum Gasteiger partial charge on any atom is 0.307 e. The second kappa shape index (κ2) is 5.88. The number of hydrogen-bond donors (Lipinski definition) is 1. The number of sulfonamides is 1. The summed E-state index contributed by atoms with van der Waals surface area (Å²) in [7, 11) is -2.11. The van der Waals surface area contributed by atoms with E-state index in [1.807, 2.05) is 0 Å². The fraction of sp³-hybridized carbons (Fsp3) is 0.538. The van der Waals surface area contributed by atoms with E-state index in [9.17, 15) is 13.2 Å². The average molecular weight is 298 g/mol. The van der Waals surface area contributed by atoms with Crippen LogP contribution >= 0.6 is 0 Å². The van der Waals surface area contributed by atoms with Gasteiger partial charge in [0.2, 0.25) is 10.0 Å². The first-order chi connectivity index (χ1) is 9.43. The minimum absolute atomic E-state index is 0.230. The molecule has 1 fully saturated rings. The maximum atomic E-state index is 12.5. The number of carboxylic acids is 1. The van der Waals surface area contributed by atoms with Gasteiger partial charge in [-0.15, -0.1) is 0 Å². The first-order valence-electron chi connectivity index (χ1n) is 6.50. The third-order valence-electron chi connectivity index (χ3n) is 3.74. The molecule has 1 aromatic heterocycles. The molecule has 2 atom stereocenters. The Labute approximate surface area is 118 Å². The molecule has 0 bridgehead atoms. The van der Waals surface area contributed by atoms with Crippen LogP contribution in [0.25, 0.3) is 0 Å². The van der Waals surface area contributed by atoms with Crippen LogP contribution in [0.4, 0.5) is 0 Å². The number of pyridine rings is 1. The molecule has 0 saturated heterocycles. The van der Waals surface area contributed by atoms with E-state index in [-0.39, 0.29) is 6.54 Å². The summed E-state index contributed by atoms with van der Waals surface area (Å²) in [6, 6.07) is 3.49. The summed E-state index contributed by atoms with van der Waals surface area (Å²) >= 11 is 0. The molecular weight excluding hydrogens is 280 g/mol. The van der Waals surface area contributed by atoms with Gasteiger partial charge in [0.1, 0.15) is 0 Å². The molecule has 0 amide bonds. The Morgan fingerprint density at radius 3 is 2.65 bits per heavy atom. The second-order valence-electron chi connectivity index (χ2n) is 5.07. The highest BCUT2D eigenvalue weighted by Gasteiger charge is 2.43. The summed E-state index contributed by atoms with van der Waals surface area (Å²) < 4.78 is 26.2. The van der Waals surface area contributed by atoms with Gasteiger partial charge in [0.25, 0.3) is 0 Å². The first kappa shape index (κ1) is 14.9. The van der Waals surface area contributed by atoms with E-state index in [1.54, 1.807) is 24.5 Å². The Kier molecular flexibility index (Phi) is 4.39. The Hall–Kier alpha value is -1.47. The van der Waals surface area contributed by atoms with Crippen LogP contribution in [0.1, 0.15) is 24.8 Å². The van der Waals surface area contributed by atoms with Crippen LogP contribution in [0.2, 0.25) is 0 Å². The van der Waals surface area contributed by atoms with Gasteiger partial charge < -0.3 is 5.11 Å². The number of hydrogen-bond acceptors (Lipinski definition) is 4. The number of carbonyl (C=O) groups is 1. The molecule has 1 aliphatic rings. The predicted octanol–water partition coefficient (Wildman–Crippen LogP) is 1.10. The van der Waals surface area contributed by atoms with Crippen LogP contribution < -0.4 is 0 Å². The summed E-state index contributed by atoms with van der Waals surface area (Å²) in [6.45, 7) is 0.230. The Morgan fingerprint density at radius 1 is 1.40 bits per heavy atom. The highest BCUT2D eigenvalue weighted by Crippen LogP contribution is 2.33. The first-order valence-corrected chi connectivity index (χ1v) is 8.00. The van der Waals surface area contributed by atoms with Gasteiger partial charge >= 0.3 is 5.97 Å². The lowest BCUT2D eigenvalue weighted by atomic mass is 10.1. The van der Waals surface area contributed by atoms with Crippen molar-refractivity contribution >= 4 is 16.0 Å². The van der Waals surface area contributed by atoms with Crippen LogP contribution in [0, 0.1) is 5.92 Å². The molecule has 110 valence electrons. The van der Waals surface area contributed by atoms with E-state index < -0.39 is 27.2 Å². The van der Waals surface area contributed by atoms with E-state index in [0.717, 1.165) is 5.56 Å². The van der Waals surface area contributed by atoms with Crippen LogP contribution in [0.5, 0.6) is 0 Å². The largest absolute Gasteiger partial charge is 0.481 e. The lowest BCUT2D eigenvalue weighted by Crippen LogP contribution is -2.39. The van der Waals surface area contributed by atoms with Crippen molar-refractivity contribution in [3.63, 3.8) is 0 Å². The molecule has 1 heterocycles. The molecule has 2 rings (SSSR count). The highest BCUT2D eigenvalue weighted by atomic mass is 32.2. The zero-order valence-electron chi connectivity index (χ0n) is 11.3. The third-order valence-corrected chi connectivity index (χ3v) is 6.07. The van der Waals surface area contributed by atoms with Gasteiger partial charge in [-0.3, -0.25) is 9.78 Å². The summed E-state index contributed by atoms with van der Waals surface area (Å²) in [5.74, 6) is -1.81. The van der Waals surface area contributed by atoms with E-state index in [1.165, 1.54) is 11.4 Å². The number of aliphatic carboxylic acids is 1. The predicted molar refractivity (Wildman–Crippen MR) is 73.4 cm³/mol. The van der Waals surface area contributed by atoms with E-state index in [0.29, 0.717) is 19.3 Å². The van der Waals surface area contributed by atoms with E-state index >= 15 is 0 Å². The molecule has 0 aliphatic heterocycles. The highest BCUT2D eigenvalue weighted by molar-refractivity contribution is 7.89. The molecule has 1 aliphatic carbocycles. The molecule has 1 saturated carbocycles. The topological polar surface area (TPSA) is 87.6 Å². The van der Waals surface area contributed by atoms with E-state index in [4.69, 9.17) is 5.11 Å². The maximum absolute atomic E-state index is 12.5. The van der Waals surface area contributed by atoms with Crippen molar-refractivity contribution in [1.29, 1.82) is 0 Å². The molecular formula is C13H18N2O4S. The summed E-state index contributed by atoms with van der Waals surface area (Å²) in [6.07, 6.45) is 4.70. The summed E-state index contributed by atoms with van der Waals surface area (Å²) in [5.41, 5.74) is 0.830. The number of rotatable bonds is 5. The van der Waals surface area contributed by atoms with Crippen molar-refractivity contribution in [2.24, 2.45) is 5.92 Å². The van der Waals surface area contributed by atoms with Crippen molar-refractivity contribution in [2.75, 3.05) is 7.05 Å². The molecule has 7 heteroatoms. The van der Waals surface area contributed by atoms with Gasteiger partial charge in [-0.25, -0.2) is 12.7 Å². The standard InChI is InChI=1S/C13H18N2O4S/c1-15(9-10-5-7-14-8-6-10)20(18,19)12-4-2-3-11(12)13(16)17/h5-8,11-12H,2-4,9H2,1H3,(H,16,17). The van der Waals surface area contributed by atoms with Crippen molar-refractivity contribution in [3.05, 3.63) is 30.1 Å². The normalized spacial score (nSPS) is 23.1. The smallest absolute Gasteiger partial charge is 0.307 e. The summed E-state index contributed by atoms with van der Waals surface area (Å²) in [5, 5.41) is 8.31. The quantitative estimate of drug-likeness (QED) is 0.879. The zero-order valence-corrected chi connectivity index (χ0v) is 12.1. The molecule has 1 aromatic rings. The number of aromatic nitrogens is 1. The van der Waals surface area contributed by atoms with Gasteiger partial charge in [0.15, 0.2) is 0 Å².